The molecule has 2 unspecified atom stereocenters. The summed E-state index contributed by atoms with van der Waals surface area (Å²) in [6.45, 7) is 4.76. The van der Waals surface area contributed by atoms with Crippen LogP contribution in [0, 0.1) is 0 Å². The highest BCUT2D eigenvalue weighted by Gasteiger charge is 2.37. The van der Waals surface area contributed by atoms with Crippen molar-refractivity contribution in [2.75, 3.05) is 33.2 Å². The van der Waals surface area contributed by atoms with Crippen LogP contribution in [0.2, 0.25) is 0 Å². The van der Waals surface area contributed by atoms with Crippen LogP contribution in [0.5, 0.6) is 0 Å². The Morgan fingerprint density at radius 3 is 2.21 bits per heavy atom. The zero-order valence-corrected chi connectivity index (χ0v) is 24.7. The third-order valence-electron chi connectivity index (χ3n) is 8.56. The van der Waals surface area contributed by atoms with Gasteiger partial charge in [-0.15, -0.1) is 0 Å². The van der Waals surface area contributed by atoms with Crippen molar-refractivity contribution < 1.29 is 9.59 Å². The molecule has 0 radical (unpaired) electrons. The number of carbonyl (C=O) groups is 2. The lowest BCUT2D eigenvalue weighted by atomic mass is 9.75. The molecule has 6 nitrogen and oxygen atoms in total. The first-order valence-corrected chi connectivity index (χ1v) is 15.1. The summed E-state index contributed by atoms with van der Waals surface area (Å²) in [4.78, 5) is 29.2. The summed E-state index contributed by atoms with van der Waals surface area (Å²) in [6.07, 6.45) is 2.38. The lowest BCUT2D eigenvalue weighted by Crippen LogP contribution is -2.50. The summed E-state index contributed by atoms with van der Waals surface area (Å²) < 4.78 is 0. The van der Waals surface area contributed by atoms with Crippen LogP contribution in [0.15, 0.2) is 103 Å². The minimum Gasteiger partial charge on any atom is -0.350 e. The molecule has 4 aromatic rings. The highest BCUT2D eigenvalue weighted by atomic mass is 16.2. The Bertz CT molecular complexity index is 1430. The first kappa shape index (κ1) is 29.5. The van der Waals surface area contributed by atoms with Crippen LogP contribution < -0.4 is 16.0 Å². The van der Waals surface area contributed by atoms with E-state index in [2.05, 4.69) is 71.4 Å². The van der Waals surface area contributed by atoms with Crippen LogP contribution in [0.3, 0.4) is 0 Å². The lowest BCUT2D eigenvalue weighted by molar-refractivity contribution is -0.133. The molecule has 5 rings (SSSR count). The second-order valence-electron chi connectivity index (χ2n) is 11.5. The van der Waals surface area contributed by atoms with Gasteiger partial charge in [0.05, 0.1) is 6.04 Å². The predicted molar refractivity (Wildman–Crippen MR) is 171 cm³/mol. The molecule has 42 heavy (non-hydrogen) atoms. The Labute approximate surface area is 249 Å². The maximum atomic E-state index is 14.1. The molecule has 1 fully saturated rings. The van der Waals surface area contributed by atoms with E-state index in [4.69, 9.17) is 0 Å². The Kier molecular flexibility index (Phi) is 9.67. The fourth-order valence-corrected chi connectivity index (χ4v) is 6.08. The third-order valence-corrected chi connectivity index (χ3v) is 8.56. The predicted octanol–water partition coefficient (Wildman–Crippen LogP) is 5.13. The van der Waals surface area contributed by atoms with E-state index < -0.39 is 0 Å². The topological polar surface area (TPSA) is 73.5 Å². The van der Waals surface area contributed by atoms with Gasteiger partial charge in [-0.3, -0.25) is 9.59 Å². The molecular weight excluding hydrogens is 520 g/mol. The monoisotopic (exact) mass is 562 g/mol. The minimum absolute atomic E-state index is 0.0114. The largest absolute Gasteiger partial charge is 0.350 e. The molecule has 0 spiro atoms. The summed E-state index contributed by atoms with van der Waals surface area (Å²) in [5, 5.41) is 12.1. The summed E-state index contributed by atoms with van der Waals surface area (Å²) in [5.74, 6) is 0.0370. The fraction of sp³-hybridized carbons (Fsp3) is 0.333. The summed E-state index contributed by atoms with van der Waals surface area (Å²) in [6, 6.07) is 34.5. The van der Waals surface area contributed by atoms with Crippen LogP contribution in [-0.2, 0) is 10.2 Å². The second-order valence-corrected chi connectivity index (χ2v) is 11.5. The molecule has 3 N–H and O–H groups in total. The van der Waals surface area contributed by atoms with E-state index in [1.54, 1.807) is 0 Å². The SMILES string of the molecule is CNCCCC1NC(CNC(=O)c2ccc3ccccc3c2)CCN(CC(C)(c2ccccc2)c2ccccc2)C1=O. The molecule has 1 saturated heterocycles. The fourth-order valence-electron chi connectivity index (χ4n) is 6.08. The number of rotatable bonds is 11. The normalized spacial score (nSPS) is 17.7. The van der Waals surface area contributed by atoms with E-state index >= 15 is 0 Å². The van der Waals surface area contributed by atoms with Gasteiger partial charge in [0.15, 0.2) is 0 Å². The van der Waals surface area contributed by atoms with E-state index in [1.165, 1.54) is 11.1 Å². The zero-order chi connectivity index (χ0) is 29.4. The molecule has 2 atom stereocenters. The second kappa shape index (κ2) is 13.8. The molecule has 2 amide bonds. The average molecular weight is 563 g/mol. The van der Waals surface area contributed by atoms with Crippen molar-refractivity contribution in [3.63, 3.8) is 0 Å². The maximum absolute atomic E-state index is 14.1. The maximum Gasteiger partial charge on any atom is 0.251 e. The van der Waals surface area contributed by atoms with Gasteiger partial charge in [-0.25, -0.2) is 0 Å². The van der Waals surface area contributed by atoms with Crippen molar-refractivity contribution in [1.29, 1.82) is 0 Å². The molecule has 1 heterocycles. The number of carbonyl (C=O) groups excluding carboxylic acids is 2. The summed E-state index contributed by atoms with van der Waals surface area (Å²) in [5.41, 5.74) is 2.66. The van der Waals surface area contributed by atoms with Crippen LogP contribution >= 0.6 is 0 Å². The highest BCUT2D eigenvalue weighted by molar-refractivity contribution is 5.98. The van der Waals surface area contributed by atoms with Crippen LogP contribution in [0.4, 0.5) is 0 Å². The van der Waals surface area contributed by atoms with Crippen molar-refractivity contribution in [1.82, 2.24) is 20.9 Å². The standard InChI is InChI=1S/C36H42N4O2/c1-36(30-14-5-3-6-15-30,31-16-7-4-8-17-31)26-40-23-21-32(39-33(35(40)42)18-11-22-37-2)25-38-34(41)29-20-19-27-12-9-10-13-28(27)24-29/h3-10,12-17,19-20,24,32-33,37,39H,11,18,21-23,25-26H2,1-2H3,(H,38,41). The zero-order valence-electron chi connectivity index (χ0n) is 24.7. The lowest BCUT2D eigenvalue weighted by Gasteiger charge is -2.37. The molecule has 0 saturated carbocycles. The van der Waals surface area contributed by atoms with Gasteiger partial charge in [-0.1, -0.05) is 91.0 Å². The van der Waals surface area contributed by atoms with Gasteiger partial charge < -0.3 is 20.9 Å². The Morgan fingerprint density at radius 2 is 1.55 bits per heavy atom. The molecule has 218 valence electrons. The van der Waals surface area contributed by atoms with E-state index in [-0.39, 0.29) is 29.3 Å². The molecular formula is C36H42N4O2. The highest BCUT2D eigenvalue weighted by Crippen LogP contribution is 2.33. The first-order chi connectivity index (χ1) is 20.5. The molecule has 0 aliphatic carbocycles. The van der Waals surface area contributed by atoms with Gasteiger partial charge in [0.25, 0.3) is 5.91 Å². The van der Waals surface area contributed by atoms with Crippen LogP contribution in [0.1, 0.15) is 47.7 Å². The van der Waals surface area contributed by atoms with Gasteiger partial charge in [-0.2, -0.15) is 0 Å². The van der Waals surface area contributed by atoms with Crippen LogP contribution in [0.25, 0.3) is 10.8 Å². The Hall–Kier alpha value is -4.00. The quantitative estimate of drug-likeness (QED) is 0.222. The molecule has 0 aromatic heterocycles. The number of fused-ring (bicyclic) bond motifs is 1. The van der Waals surface area contributed by atoms with E-state index in [1.807, 2.05) is 66.5 Å². The third kappa shape index (κ3) is 6.89. The van der Waals surface area contributed by atoms with Crippen molar-refractivity contribution in [2.24, 2.45) is 0 Å². The van der Waals surface area contributed by atoms with Gasteiger partial charge in [0.1, 0.15) is 0 Å². The number of hydrogen-bond acceptors (Lipinski definition) is 4. The Balaban J connectivity index is 1.33. The van der Waals surface area contributed by atoms with E-state index in [0.717, 1.165) is 36.6 Å². The summed E-state index contributed by atoms with van der Waals surface area (Å²) in [7, 11) is 1.94. The molecule has 0 bridgehead atoms. The van der Waals surface area contributed by atoms with Crippen molar-refractivity contribution in [2.45, 2.75) is 43.7 Å². The summed E-state index contributed by atoms with van der Waals surface area (Å²) >= 11 is 0. The number of nitrogens with zero attached hydrogens (tertiary/aromatic N) is 1. The molecule has 4 aromatic carbocycles. The van der Waals surface area contributed by atoms with Crippen molar-refractivity contribution >= 4 is 22.6 Å². The number of benzene rings is 4. The smallest absolute Gasteiger partial charge is 0.251 e. The number of hydrogen-bond donors (Lipinski definition) is 3. The van der Waals surface area contributed by atoms with Crippen molar-refractivity contribution in [3.05, 3.63) is 120 Å². The Morgan fingerprint density at radius 1 is 0.905 bits per heavy atom. The van der Waals surface area contributed by atoms with Crippen molar-refractivity contribution in [3.8, 4) is 0 Å². The van der Waals surface area contributed by atoms with E-state index in [0.29, 0.717) is 25.2 Å². The minimum atomic E-state index is -0.363. The van der Waals surface area contributed by atoms with Crippen LogP contribution in [-0.4, -0.2) is 62.0 Å². The first-order valence-electron chi connectivity index (χ1n) is 15.1. The number of amides is 2. The molecule has 1 aliphatic rings. The number of nitrogens with one attached hydrogen (secondary N) is 3. The average Bonchev–Trinajstić information content (AvgIpc) is 3.18. The van der Waals surface area contributed by atoms with Gasteiger partial charge in [0.2, 0.25) is 5.91 Å². The van der Waals surface area contributed by atoms with Gasteiger partial charge in [0, 0.05) is 36.7 Å². The molecule has 6 heteroatoms. The van der Waals surface area contributed by atoms with Gasteiger partial charge >= 0.3 is 0 Å². The van der Waals surface area contributed by atoms with Gasteiger partial charge in [-0.05, 0) is 73.8 Å². The van der Waals surface area contributed by atoms with E-state index in [9.17, 15) is 9.59 Å². The molecule has 1 aliphatic heterocycles.